The van der Waals surface area contributed by atoms with E-state index < -0.39 is 6.36 Å². The highest BCUT2D eigenvalue weighted by Crippen LogP contribution is 2.35. The molecular formula is C12H12F3NO. The Morgan fingerprint density at radius 3 is 2.41 bits per heavy atom. The summed E-state index contributed by atoms with van der Waals surface area (Å²) in [5, 5.41) is 0.518. The van der Waals surface area contributed by atoms with Crippen LogP contribution < -0.4 is 4.74 Å². The van der Waals surface area contributed by atoms with Gasteiger partial charge in [0.15, 0.2) is 0 Å². The van der Waals surface area contributed by atoms with Gasteiger partial charge < -0.3 is 9.30 Å². The first-order valence-electron chi connectivity index (χ1n) is 5.11. The van der Waals surface area contributed by atoms with Crippen molar-refractivity contribution in [2.24, 2.45) is 7.05 Å². The molecule has 0 bridgehead atoms. The molecule has 1 aromatic carbocycles. The lowest BCUT2D eigenvalue weighted by Gasteiger charge is -2.10. The number of alkyl halides is 3. The van der Waals surface area contributed by atoms with Gasteiger partial charge in [-0.05, 0) is 31.5 Å². The minimum absolute atomic E-state index is 0.142. The fraction of sp³-hybridized carbons (Fsp3) is 0.333. The van der Waals surface area contributed by atoms with Crippen LogP contribution in [0.15, 0.2) is 18.2 Å². The number of nitrogens with zero attached hydrogens (tertiary/aromatic N) is 1. The molecular weight excluding hydrogens is 231 g/mol. The van der Waals surface area contributed by atoms with Crippen LogP contribution >= 0.6 is 0 Å². The van der Waals surface area contributed by atoms with E-state index in [2.05, 4.69) is 4.74 Å². The van der Waals surface area contributed by atoms with Gasteiger partial charge in [-0.1, -0.05) is 6.07 Å². The van der Waals surface area contributed by atoms with Crippen molar-refractivity contribution >= 4 is 10.9 Å². The van der Waals surface area contributed by atoms with Gasteiger partial charge >= 0.3 is 6.36 Å². The molecule has 0 atom stereocenters. The van der Waals surface area contributed by atoms with Gasteiger partial charge in [0.2, 0.25) is 0 Å². The Hall–Kier alpha value is -1.65. The maximum atomic E-state index is 12.3. The van der Waals surface area contributed by atoms with Crippen LogP contribution in [0.3, 0.4) is 0 Å². The number of ether oxygens (including phenoxy) is 1. The molecule has 0 spiro atoms. The Morgan fingerprint density at radius 2 is 1.82 bits per heavy atom. The number of aryl methyl sites for hydroxylation is 2. The zero-order chi connectivity index (χ0) is 12.8. The highest BCUT2D eigenvalue weighted by Gasteiger charge is 2.32. The predicted molar refractivity (Wildman–Crippen MR) is 59.1 cm³/mol. The van der Waals surface area contributed by atoms with Crippen LogP contribution in [-0.2, 0) is 7.05 Å². The van der Waals surface area contributed by atoms with Crippen LogP contribution in [0.5, 0.6) is 5.75 Å². The second kappa shape index (κ2) is 3.68. The Kier molecular flexibility index (Phi) is 2.56. The zero-order valence-corrected chi connectivity index (χ0v) is 9.72. The van der Waals surface area contributed by atoms with E-state index in [0.717, 1.165) is 16.8 Å². The van der Waals surface area contributed by atoms with Crippen LogP contribution in [0.1, 0.15) is 11.3 Å². The molecule has 0 saturated carbocycles. The van der Waals surface area contributed by atoms with Crippen molar-refractivity contribution in [2.75, 3.05) is 0 Å². The molecule has 0 aliphatic rings. The SMILES string of the molecule is Cc1c(C)n(C)c2cccc(OC(F)(F)F)c12. The molecule has 0 aliphatic heterocycles. The molecule has 0 fully saturated rings. The lowest BCUT2D eigenvalue weighted by atomic mass is 10.1. The summed E-state index contributed by atoms with van der Waals surface area (Å²) in [5.41, 5.74) is 2.47. The Labute approximate surface area is 96.6 Å². The fourth-order valence-electron chi connectivity index (χ4n) is 2.00. The van der Waals surface area contributed by atoms with E-state index in [0.29, 0.717) is 5.39 Å². The summed E-state index contributed by atoms with van der Waals surface area (Å²) >= 11 is 0. The Bertz CT molecular complexity index is 569. The second-order valence-corrected chi connectivity index (χ2v) is 3.97. The molecule has 1 heterocycles. The predicted octanol–water partition coefficient (Wildman–Crippen LogP) is 3.69. The number of hydrogen-bond acceptors (Lipinski definition) is 1. The molecule has 1 aromatic heterocycles. The molecule has 2 nitrogen and oxygen atoms in total. The van der Waals surface area contributed by atoms with Gasteiger partial charge in [-0.15, -0.1) is 13.2 Å². The van der Waals surface area contributed by atoms with Crippen molar-refractivity contribution in [3.05, 3.63) is 29.5 Å². The molecule has 0 amide bonds. The standard InChI is InChI=1S/C12H12F3NO/c1-7-8(2)16(3)9-5-4-6-10(11(7)9)17-12(13,14)15/h4-6H,1-3H3. The number of benzene rings is 1. The minimum atomic E-state index is -4.66. The van der Waals surface area contributed by atoms with Gasteiger partial charge in [0.25, 0.3) is 0 Å². The highest BCUT2D eigenvalue weighted by molar-refractivity contribution is 5.91. The topological polar surface area (TPSA) is 14.2 Å². The first-order chi connectivity index (χ1) is 7.81. The molecule has 0 N–H and O–H groups in total. The Morgan fingerprint density at radius 1 is 1.18 bits per heavy atom. The summed E-state index contributed by atoms with van der Waals surface area (Å²) < 4.78 is 42.7. The summed E-state index contributed by atoms with van der Waals surface area (Å²) in [6.45, 7) is 3.66. The molecule has 0 saturated heterocycles. The smallest absolute Gasteiger partial charge is 0.405 e. The van der Waals surface area contributed by atoms with Crippen LogP contribution in [0.25, 0.3) is 10.9 Å². The van der Waals surface area contributed by atoms with Crippen molar-refractivity contribution in [1.29, 1.82) is 0 Å². The molecule has 2 aromatic rings. The van der Waals surface area contributed by atoms with E-state index >= 15 is 0 Å². The number of halogens is 3. The van der Waals surface area contributed by atoms with Crippen LogP contribution in [-0.4, -0.2) is 10.9 Å². The average Bonchev–Trinajstić information content (AvgIpc) is 2.43. The molecule has 0 unspecified atom stereocenters. The summed E-state index contributed by atoms with van der Waals surface area (Å²) in [6, 6.07) is 4.67. The van der Waals surface area contributed by atoms with E-state index in [4.69, 9.17) is 0 Å². The maximum absolute atomic E-state index is 12.3. The lowest BCUT2D eigenvalue weighted by Crippen LogP contribution is -2.17. The van der Waals surface area contributed by atoms with Crippen molar-refractivity contribution in [2.45, 2.75) is 20.2 Å². The Balaban J connectivity index is 2.69. The van der Waals surface area contributed by atoms with Crippen molar-refractivity contribution in [3.63, 3.8) is 0 Å². The van der Waals surface area contributed by atoms with Crippen molar-refractivity contribution in [1.82, 2.24) is 4.57 Å². The van der Waals surface area contributed by atoms with Gasteiger partial charge in [0, 0.05) is 18.1 Å². The summed E-state index contributed by atoms with van der Waals surface area (Å²) in [6.07, 6.45) is -4.66. The number of hydrogen-bond donors (Lipinski definition) is 0. The normalized spacial score (nSPS) is 12.1. The van der Waals surface area contributed by atoms with E-state index in [1.54, 1.807) is 19.1 Å². The van der Waals surface area contributed by atoms with E-state index in [-0.39, 0.29) is 5.75 Å². The van der Waals surface area contributed by atoms with E-state index in [9.17, 15) is 13.2 Å². The quantitative estimate of drug-likeness (QED) is 0.745. The monoisotopic (exact) mass is 243 g/mol. The number of rotatable bonds is 1. The number of aromatic nitrogens is 1. The number of fused-ring (bicyclic) bond motifs is 1. The summed E-state index contributed by atoms with van der Waals surface area (Å²) in [5.74, 6) is -0.142. The third-order valence-corrected chi connectivity index (χ3v) is 3.01. The first kappa shape index (κ1) is 11.8. The molecule has 92 valence electrons. The van der Waals surface area contributed by atoms with Crippen LogP contribution in [0.4, 0.5) is 13.2 Å². The first-order valence-corrected chi connectivity index (χ1v) is 5.11. The van der Waals surface area contributed by atoms with E-state index in [1.165, 1.54) is 6.07 Å². The van der Waals surface area contributed by atoms with Crippen LogP contribution in [0, 0.1) is 13.8 Å². The molecule has 0 aliphatic carbocycles. The fourth-order valence-corrected chi connectivity index (χ4v) is 2.00. The third kappa shape index (κ3) is 1.97. The van der Waals surface area contributed by atoms with Crippen molar-refractivity contribution in [3.8, 4) is 5.75 Å². The average molecular weight is 243 g/mol. The van der Waals surface area contributed by atoms with Gasteiger partial charge in [0.1, 0.15) is 5.75 Å². The third-order valence-electron chi connectivity index (χ3n) is 3.01. The highest BCUT2D eigenvalue weighted by atomic mass is 19.4. The maximum Gasteiger partial charge on any atom is 0.573 e. The van der Waals surface area contributed by atoms with Gasteiger partial charge in [-0.25, -0.2) is 0 Å². The summed E-state index contributed by atoms with van der Waals surface area (Å²) in [4.78, 5) is 0. The molecule has 17 heavy (non-hydrogen) atoms. The minimum Gasteiger partial charge on any atom is -0.405 e. The van der Waals surface area contributed by atoms with Crippen LogP contribution in [0.2, 0.25) is 0 Å². The molecule has 2 rings (SSSR count). The summed E-state index contributed by atoms with van der Waals surface area (Å²) in [7, 11) is 1.82. The zero-order valence-electron chi connectivity index (χ0n) is 9.72. The van der Waals surface area contributed by atoms with Crippen molar-refractivity contribution < 1.29 is 17.9 Å². The van der Waals surface area contributed by atoms with Gasteiger partial charge in [-0.2, -0.15) is 0 Å². The molecule has 5 heteroatoms. The second-order valence-electron chi connectivity index (χ2n) is 3.97. The van der Waals surface area contributed by atoms with Gasteiger partial charge in [-0.3, -0.25) is 0 Å². The lowest BCUT2D eigenvalue weighted by molar-refractivity contribution is -0.274. The molecule has 0 radical (unpaired) electrons. The van der Waals surface area contributed by atoms with Gasteiger partial charge in [0.05, 0.1) is 5.52 Å². The van der Waals surface area contributed by atoms with E-state index in [1.807, 2.05) is 18.5 Å². The largest absolute Gasteiger partial charge is 0.573 e.